The Morgan fingerprint density at radius 3 is 2.79 bits per heavy atom. The van der Waals surface area contributed by atoms with Gasteiger partial charge < -0.3 is 15.3 Å². The van der Waals surface area contributed by atoms with E-state index in [0.29, 0.717) is 31.1 Å². The topological polar surface area (TPSA) is 102 Å². The quantitative estimate of drug-likeness (QED) is 0.605. The van der Waals surface area contributed by atoms with E-state index >= 15 is 0 Å². The Morgan fingerprint density at radius 2 is 2.00 bits per heavy atom. The number of fused-ring (bicyclic) bond motifs is 3. The normalized spacial score (nSPS) is 31.9. The maximum Gasteiger partial charge on any atom is 0.255 e. The summed E-state index contributed by atoms with van der Waals surface area (Å²) in [5, 5.41) is 15.5. The van der Waals surface area contributed by atoms with Crippen LogP contribution in [0.15, 0.2) is 18.2 Å². The molecular weight excluding hydrogens is 372 g/mol. The Bertz CT molecular complexity index is 872. The van der Waals surface area contributed by atoms with E-state index in [0.717, 1.165) is 30.5 Å². The third-order valence-electron chi connectivity index (χ3n) is 6.96. The van der Waals surface area contributed by atoms with E-state index in [9.17, 15) is 19.5 Å². The van der Waals surface area contributed by atoms with Gasteiger partial charge in [0, 0.05) is 49.7 Å². The molecule has 0 spiro atoms. The van der Waals surface area contributed by atoms with Crippen LogP contribution in [0.2, 0.25) is 0 Å². The first-order chi connectivity index (χ1) is 14.1. The standard InChI is InChI=1S/C21H26N4O4/c26-11-15-16-5-4-14(8-22-15)24(16)9-12-2-1-3-13-10-25(21(29)19(12)13)17-6-7-18(27)23-20(17)28/h1-3,14-17,22,26H,4-11H2,(H,23,27,28)/t14-,15-,16+,17?/m0/s1. The molecule has 3 saturated heterocycles. The summed E-state index contributed by atoms with van der Waals surface area (Å²) < 4.78 is 0. The first-order valence-electron chi connectivity index (χ1n) is 10.4. The summed E-state index contributed by atoms with van der Waals surface area (Å²) in [4.78, 5) is 41.1. The van der Waals surface area contributed by atoms with Crippen LogP contribution in [-0.4, -0.2) is 69.9 Å². The third kappa shape index (κ3) is 3.06. The number of nitrogens with one attached hydrogen (secondary N) is 2. The molecule has 8 nitrogen and oxygen atoms in total. The molecule has 1 unspecified atom stereocenters. The van der Waals surface area contributed by atoms with Crippen molar-refractivity contribution in [1.82, 2.24) is 20.4 Å². The Kier molecular flexibility index (Phi) is 4.64. The average Bonchev–Trinajstić information content (AvgIpc) is 3.16. The van der Waals surface area contributed by atoms with Crippen LogP contribution < -0.4 is 10.6 Å². The van der Waals surface area contributed by atoms with Gasteiger partial charge in [0.25, 0.3) is 5.91 Å². The molecule has 1 aromatic carbocycles. The second kappa shape index (κ2) is 7.19. The Labute approximate surface area is 169 Å². The number of amides is 3. The molecule has 4 aliphatic heterocycles. The van der Waals surface area contributed by atoms with E-state index in [1.807, 2.05) is 18.2 Å². The summed E-state index contributed by atoms with van der Waals surface area (Å²) in [6.45, 7) is 2.05. The number of carbonyl (C=O) groups excluding carboxylic acids is 3. The summed E-state index contributed by atoms with van der Waals surface area (Å²) in [6.07, 6.45) is 2.78. The van der Waals surface area contributed by atoms with E-state index in [-0.39, 0.29) is 42.8 Å². The van der Waals surface area contributed by atoms with Crippen LogP contribution in [0.1, 0.15) is 47.2 Å². The molecule has 8 heteroatoms. The maximum absolute atomic E-state index is 13.3. The van der Waals surface area contributed by atoms with Crippen LogP contribution in [0.5, 0.6) is 0 Å². The van der Waals surface area contributed by atoms with Crippen molar-refractivity contribution in [3.05, 3.63) is 34.9 Å². The van der Waals surface area contributed by atoms with Crippen LogP contribution in [-0.2, 0) is 22.7 Å². The number of benzene rings is 1. The minimum atomic E-state index is -0.588. The molecule has 3 N–H and O–H groups in total. The zero-order chi connectivity index (χ0) is 20.1. The highest BCUT2D eigenvalue weighted by Gasteiger charge is 2.44. The predicted octanol–water partition coefficient (Wildman–Crippen LogP) is -0.255. The fourth-order valence-electron chi connectivity index (χ4n) is 5.49. The number of carbonyl (C=O) groups is 3. The van der Waals surface area contributed by atoms with Gasteiger partial charge in [0.05, 0.1) is 6.61 Å². The van der Waals surface area contributed by atoms with E-state index in [1.165, 1.54) is 0 Å². The monoisotopic (exact) mass is 398 g/mol. The molecule has 2 bridgehead atoms. The van der Waals surface area contributed by atoms with Crippen molar-refractivity contribution in [2.45, 2.75) is 62.9 Å². The van der Waals surface area contributed by atoms with E-state index in [2.05, 4.69) is 15.5 Å². The molecule has 4 atom stereocenters. The molecule has 29 heavy (non-hydrogen) atoms. The molecule has 0 aliphatic carbocycles. The van der Waals surface area contributed by atoms with Gasteiger partial charge in [0.15, 0.2) is 0 Å². The van der Waals surface area contributed by atoms with Crippen LogP contribution in [0, 0.1) is 0 Å². The number of piperazine rings is 1. The van der Waals surface area contributed by atoms with Gasteiger partial charge in [0.1, 0.15) is 6.04 Å². The molecule has 0 radical (unpaired) electrons. The van der Waals surface area contributed by atoms with Crippen molar-refractivity contribution in [3.63, 3.8) is 0 Å². The van der Waals surface area contributed by atoms with Crippen molar-refractivity contribution >= 4 is 17.7 Å². The van der Waals surface area contributed by atoms with E-state index in [4.69, 9.17) is 0 Å². The Morgan fingerprint density at radius 1 is 1.14 bits per heavy atom. The molecule has 3 amide bonds. The lowest BCUT2D eigenvalue weighted by Gasteiger charge is -2.40. The van der Waals surface area contributed by atoms with Gasteiger partial charge in [-0.1, -0.05) is 18.2 Å². The van der Waals surface area contributed by atoms with Gasteiger partial charge >= 0.3 is 0 Å². The third-order valence-corrected chi connectivity index (χ3v) is 6.96. The molecule has 1 aromatic rings. The highest BCUT2D eigenvalue weighted by molar-refractivity contribution is 6.06. The predicted molar refractivity (Wildman–Crippen MR) is 104 cm³/mol. The Balaban J connectivity index is 1.39. The van der Waals surface area contributed by atoms with Gasteiger partial charge in [0.2, 0.25) is 11.8 Å². The number of hydrogen-bond acceptors (Lipinski definition) is 6. The van der Waals surface area contributed by atoms with Crippen LogP contribution in [0.3, 0.4) is 0 Å². The highest BCUT2D eigenvalue weighted by Crippen LogP contribution is 2.35. The zero-order valence-corrected chi connectivity index (χ0v) is 16.3. The maximum atomic E-state index is 13.3. The molecule has 4 heterocycles. The number of aliphatic hydroxyl groups is 1. The molecule has 154 valence electrons. The molecule has 3 fully saturated rings. The smallest absolute Gasteiger partial charge is 0.255 e. The first-order valence-corrected chi connectivity index (χ1v) is 10.4. The fraction of sp³-hybridized carbons (Fsp3) is 0.571. The van der Waals surface area contributed by atoms with Gasteiger partial charge in [-0.2, -0.15) is 0 Å². The van der Waals surface area contributed by atoms with E-state index in [1.54, 1.807) is 4.90 Å². The molecule has 0 saturated carbocycles. The number of nitrogens with zero attached hydrogens (tertiary/aromatic N) is 2. The van der Waals surface area contributed by atoms with Crippen LogP contribution in [0.4, 0.5) is 0 Å². The number of rotatable bonds is 4. The minimum Gasteiger partial charge on any atom is -0.395 e. The second-order valence-corrected chi connectivity index (χ2v) is 8.52. The van der Waals surface area contributed by atoms with Gasteiger partial charge in [-0.25, -0.2) is 0 Å². The number of imide groups is 1. The van der Waals surface area contributed by atoms with Crippen molar-refractivity contribution in [3.8, 4) is 0 Å². The summed E-state index contributed by atoms with van der Waals surface area (Å²) >= 11 is 0. The van der Waals surface area contributed by atoms with Crippen LogP contribution >= 0.6 is 0 Å². The summed E-state index contributed by atoms with van der Waals surface area (Å²) in [5.41, 5.74) is 2.63. The lowest BCUT2D eigenvalue weighted by atomic mass is 10.00. The second-order valence-electron chi connectivity index (χ2n) is 8.52. The molecule has 4 aliphatic rings. The Hall–Kier alpha value is -2.29. The fourth-order valence-corrected chi connectivity index (χ4v) is 5.49. The number of piperidine rings is 1. The highest BCUT2D eigenvalue weighted by atomic mass is 16.3. The minimum absolute atomic E-state index is 0.0705. The molecular formula is C21H26N4O4. The first kappa shape index (κ1) is 18.7. The van der Waals surface area contributed by atoms with Crippen molar-refractivity contribution in [1.29, 1.82) is 0 Å². The van der Waals surface area contributed by atoms with Crippen molar-refractivity contribution in [2.24, 2.45) is 0 Å². The summed E-state index contributed by atoms with van der Waals surface area (Å²) in [6, 6.07) is 6.10. The van der Waals surface area contributed by atoms with Gasteiger partial charge in [-0.3, -0.25) is 24.6 Å². The van der Waals surface area contributed by atoms with Crippen molar-refractivity contribution < 1.29 is 19.5 Å². The number of hydrogen-bond donors (Lipinski definition) is 3. The molecule has 0 aromatic heterocycles. The van der Waals surface area contributed by atoms with Gasteiger partial charge in [-0.05, 0) is 30.4 Å². The van der Waals surface area contributed by atoms with Crippen LogP contribution in [0.25, 0.3) is 0 Å². The summed E-state index contributed by atoms with van der Waals surface area (Å²) in [5.74, 6) is -0.773. The average molecular weight is 398 g/mol. The largest absolute Gasteiger partial charge is 0.395 e. The molecule has 5 rings (SSSR count). The SMILES string of the molecule is O=C1CCC(N2Cc3cccc(CN4[C@H]5CC[C@@H]4[C@H](CO)NC5)c3C2=O)C(=O)N1. The lowest BCUT2D eigenvalue weighted by molar-refractivity contribution is -0.136. The summed E-state index contributed by atoms with van der Waals surface area (Å²) in [7, 11) is 0. The number of aliphatic hydroxyl groups excluding tert-OH is 1. The van der Waals surface area contributed by atoms with E-state index < -0.39 is 6.04 Å². The lowest BCUT2D eigenvalue weighted by Crippen LogP contribution is -2.58. The zero-order valence-electron chi connectivity index (χ0n) is 16.3. The van der Waals surface area contributed by atoms with Crippen molar-refractivity contribution in [2.75, 3.05) is 13.2 Å². The van der Waals surface area contributed by atoms with Gasteiger partial charge in [-0.15, -0.1) is 0 Å².